The Kier molecular flexibility index (Phi) is 3.38. The van der Waals surface area contributed by atoms with Crippen LogP contribution < -0.4 is 5.62 Å². The summed E-state index contributed by atoms with van der Waals surface area (Å²) in [6.07, 6.45) is 1.59. The molecule has 80 valence electrons. The molecule has 1 rings (SSSR count). The second kappa shape index (κ2) is 4.54. The van der Waals surface area contributed by atoms with Gasteiger partial charge in [0.1, 0.15) is 0 Å². The van der Waals surface area contributed by atoms with Gasteiger partial charge in [0.05, 0.1) is 7.11 Å². The molecule has 0 aliphatic carbocycles. The van der Waals surface area contributed by atoms with Crippen LogP contribution in [0.3, 0.4) is 0 Å². The molecule has 5 heteroatoms. The van der Waals surface area contributed by atoms with E-state index < -0.39 is 5.97 Å². The number of aryl methyl sites for hydroxylation is 1. The fourth-order valence-corrected chi connectivity index (χ4v) is 1.21. The monoisotopic (exact) mass is 207 g/mol. The van der Waals surface area contributed by atoms with E-state index in [1.807, 2.05) is 6.92 Å². The molecule has 5 nitrogen and oxygen atoms in total. The summed E-state index contributed by atoms with van der Waals surface area (Å²) in [5, 5.41) is 0. The summed E-state index contributed by atoms with van der Waals surface area (Å²) < 4.78 is 6.27. The van der Waals surface area contributed by atoms with Gasteiger partial charge >= 0.3 is 5.97 Å². The Balaban J connectivity index is 3.46. The molecular formula is C10H13N3O2. The Morgan fingerprint density at radius 2 is 2.40 bits per heavy atom. The molecule has 0 fully saturated rings. The van der Waals surface area contributed by atoms with Crippen molar-refractivity contribution in [3.8, 4) is 0 Å². The summed E-state index contributed by atoms with van der Waals surface area (Å²) in [6, 6.07) is 1.63. The van der Waals surface area contributed by atoms with Crippen LogP contribution in [0.4, 0.5) is 0 Å². The highest BCUT2D eigenvalue weighted by Gasteiger charge is 2.09. The molecule has 0 amide bonds. The second-order valence-electron chi connectivity index (χ2n) is 2.85. The highest BCUT2D eigenvalue weighted by molar-refractivity contribution is 5.87. The summed E-state index contributed by atoms with van der Waals surface area (Å²) in [7, 11) is 2.92. The van der Waals surface area contributed by atoms with E-state index >= 15 is 0 Å². The summed E-state index contributed by atoms with van der Waals surface area (Å²) in [6.45, 7) is 5.48. The largest absolute Gasteiger partial charge is 0.464 e. The minimum atomic E-state index is -0.473. The van der Waals surface area contributed by atoms with Crippen molar-refractivity contribution in [2.24, 2.45) is 4.99 Å². The maximum Gasteiger partial charge on any atom is 0.356 e. The molecule has 0 aliphatic heterocycles. The van der Waals surface area contributed by atoms with E-state index in [-0.39, 0.29) is 5.69 Å². The smallest absolute Gasteiger partial charge is 0.356 e. The summed E-state index contributed by atoms with van der Waals surface area (Å²) >= 11 is 0. The van der Waals surface area contributed by atoms with Crippen LogP contribution in [-0.2, 0) is 4.74 Å². The number of hydrogen-bond acceptors (Lipinski definition) is 4. The van der Waals surface area contributed by atoms with Gasteiger partial charge < -0.3 is 4.74 Å². The number of esters is 1. The van der Waals surface area contributed by atoms with Crippen LogP contribution in [0.5, 0.6) is 0 Å². The number of hydrogen-bond donors (Lipinski definition) is 0. The van der Waals surface area contributed by atoms with Crippen LogP contribution in [0.25, 0.3) is 6.20 Å². The molecule has 1 aromatic rings. The van der Waals surface area contributed by atoms with Crippen LogP contribution in [0.15, 0.2) is 17.6 Å². The zero-order chi connectivity index (χ0) is 11.4. The van der Waals surface area contributed by atoms with Gasteiger partial charge in [-0.25, -0.2) is 9.78 Å². The molecule has 0 radical (unpaired) electrons. The highest BCUT2D eigenvalue weighted by atomic mass is 16.5. The van der Waals surface area contributed by atoms with Crippen LogP contribution in [0, 0.1) is 6.92 Å². The van der Waals surface area contributed by atoms with Crippen molar-refractivity contribution in [1.29, 1.82) is 0 Å². The van der Waals surface area contributed by atoms with E-state index in [4.69, 9.17) is 0 Å². The number of rotatable bonds is 2. The first kappa shape index (κ1) is 11.2. The van der Waals surface area contributed by atoms with Gasteiger partial charge in [-0.3, -0.25) is 9.56 Å². The van der Waals surface area contributed by atoms with Crippen molar-refractivity contribution in [1.82, 2.24) is 9.55 Å². The Hall–Kier alpha value is -1.91. The minimum Gasteiger partial charge on any atom is -0.464 e. The van der Waals surface area contributed by atoms with Crippen LogP contribution in [0.1, 0.15) is 16.2 Å². The third-order valence-corrected chi connectivity index (χ3v) is 1.94. The van der Waals surface area contributed by atoms with Crippen molar-refractivity contribution in [3.05, 3.63) is 29.7 Å². The topological polar surface area (TPSA) is 56.5 Å². The Morgan fingerprint density at radius 1 is 1.73 bits per heavy atom. The number of aromatic nitrogens is 2. The van der Waals surface area contributed by atoms with Gasteiger partial charge in [-0.2, -0.15) is 0 Å². The summed E-state index contributed by atoms with van der Waals surface area (Å²) in [4.78, 5) is 19.3. The fourth-order valence-electron chi connectivity index (χ4n) is 1.21. The molecule has 1 aromatic heterocycles. The molecule has 0 bridgehead atoms. The van der Waals surface area contributed by atoms with E-state index in [2.05, 4.69) is 21.3 Å². The maximum absolute atomic E-state index is 11.3. The molecule has 0 aromatic carbocycles. The molecule has 0 N–H and O–H groups in total. The summed E-state index contributed by atoms with van der Waals surface area (Å²) in [5.74, 6) is -0.473. The molecular weight excluding hydrogens is 194 g/mol. The third kappa shape index (κ3) is 2.12. The van der Waals surface area contributed by atoms with Crippen molar-refractivity contribution in [2.75, 3.05) is 14.2 Å². The van der Waals surface area contributed by atoms with E-state index in [9.17, 15) is 4.79 Å². The molecule has 0 saturated heterocycles. The Labute approximate surface area is 87.8 Å². The zero-order valence-corrected chi connectivity index (χ0v) is 9.02. The minimum absolute atomic E-state index is 0.244. The highest BCUT2D eigenvalue weighted by Crippen LogP contribution is 1.99. The van der Waals surface area contributed by atoms with Crippen LogP contribution in [0.2, 0.25) is 0 Å². The van der Waals surface area contributed by atoms with Gasteiger partial charge in [0, 0.05) is 18.9 Å². The first-order valence-electron chi connectivity index (χ1n) is 4.38. The quantitative estimate of drug-likeness (QED) is 0.667. The lowest BCUT2D eigenvalue weighted by Crippen LogP contribution is -2.25. The predicted molar refractivity (Wildman–Crippen MR) is 56.2 cm³/mol. The number of carbonyl (C=O) groups excluding carboxylic acids is 1. The third-order valence-electron chi connectivity index (χ3n) is 1.94. The first-order valence-corrected chi connectivity index (χ1v) is 4.38. The van der Waals surface area contributed by atoms with Gasteiger partial charge in [0.2, 0.25) is 5.62 Å². The lowest BCUT2D eigenvalue weighted by molar-refractivity contribution is 0.0593. The van der Waals surface area contributed by atoms with Crippen LogP contribution >= 0.6 is 0 Å². The van der Waals surface area contributed by atoms with E-state index in [1.165, 1.54) is 7.11 Å². The number of nitrogens with zero attached hydrogens (tertiary/aromatic N) is 3. The molecule has 0 aliphatic rings. The standard InChI is InChI=1S/C10H13N3O2/c1-5-13-7(2)6-8(9(14)15-4)12-10(13)11-3/h5-6H,1H2,2-4H3. The fraction of sp³-hybridized carbons (Fsp3) is 0.300. The predicted octanol–water partition coefficient (Wildman–Crippen LogP) is 0.609. The number of ether oxygens (including phenoxy) is 1. The van der Waals surface area contributed by atoms with Gasteiger partial charge in [-0.05, 0) is 13.0 Å². The lowest BCUT2D eigenvalue weighted by Gasteiger charge is -2.06. The SMILES string of the molecule is C=Cn1c(C)cc(C(=O)OC)nc1=NC. The molecule has 0 spiro atoms. The molecule has 15 heavy (non-hydrogen) atoms. The zero-order valence-electron chi connectivity index (χ0n) is 9.02. The van der Waals surface area contributed by atoms with Gasteiger partial charge in [0.15, 0.2) is 5.69 Å². The normalized spacial score (nSPS) is 11.3. The van der Waals surface area contributed by atoms with Crippen molar-refractivity contribution >= 4 is 12.2 Å². The molecule has 0 saturated carbocycles. The van der Waals surface area contributed by atoms with Crippen molar-refractivity contribution < 1.29 is 9.53 Å². The Morgan fingerprint density at radius 3 is 2.87 bits per heavy atom. The molecule has 0 unspecified atom stereocenters. The maximum atomic E-state index is 11.3. The second-order valence-corrected chi connectivity index (χ2v) is 2.85. The number of carbonyl (C=O) groups is 1. The van der Waals surface area contributed by atoms with E-state index in [0.29, 0.717) is 5.62 Å². The van der Waals surface area contributed by atoms with Gasteiger partial charge in [-0.15, -0.1) is 0 Å². The average molecular weight is 207 g/mol. The van der Waals surface area contributed by atoms with Gasteiger partial charge in [0.25, 0.3) is 0 Å². The first-order chi connectivity index (χ1) is 7.13. The Bertz CT molecular complexity index is 460. The summed E-state index contributed by atoms with van der Waals surface area (Å²) in [5.41, 5.74) is 1.49. The van der Waals surface area contributed by atoms with Crippen LogP contribution in [-0.4, -0.2) is 29.7 Å². The molecule has 0 atom stereocenters. The van der Waals surface area contributed by atoms with Crippen molar-refractivity contribution in [2.45, 2.75) is 6.92 Å². The van der Waals surface area contributed by atoms with Crippen molar-refractivity contribution in [3.63, 3.8) is 0 Å². The lowest BCUT2D eigenvalue weighted by atomic mass is 10.3. The average Bonchev–Trinajstić information content (AvgIpc) is 2.26. The van der Waals surface area contributed by atoms with E-state index in [0.717, 1.165) is 5.69 Å². The van der Waals surface area contributed by atoms with Gasteiger partial charge in [-0.1, -0.05) is 6.58 Å². The number of methoxy groups -OCH3 is 1. The molecule has 1 heterocycles. The van der Waals surface area contributed by atoms with E-state index in [1.54, 1.807) is 23.9 Å².